The number of thiol groups is 1. The number of benzene rings is 2. The Balaban J connectivity index is 2.37. The zero-order valence-corrected chi connectivity index (χ0v) is 11.3. The molecule has 19 heavy (non-hydrogen) atoms. The number of hydrogen-bond donors (Lipinski definition) is 1. The third-order valence-corrected chi connectivity index (χ3v) is 4.21. The summed E-state index contributed by atoms with van der Waals surface area (Å²) in [5, 5.41) is 0. The molecule has 0 saturated carbocycles. The first-order valence-electron chi connectivity index (χ1n) is 5.23. The molecule has 0 heterocycles. The molecule has 0 aliphatic carbocycles. The van der Waals surface area contributed by atoms with Crippen molar-refractivity contribution in [3.05, 3.63) is 54.6 Å². The maximum Gasteiger partial charge on any atom is 0.339 e. The summed E-state index contributed by atoms with van der Waals surface area (Å²) in [6.07, 6.45) is 0. The van der Waals surface area contributed by atoms with E-state index in [-0.39, 0.29) is 15.5 Å². The van der Waals surface area contributed by atoms with Gasteiger partial charge in [-0.1, -0.05) is 24.3 Å². The van der Waals surface area contributed by atoms with Crippen LogP contribution >= 0.6 is 0 Å². The van der Waals surface area contributed by atoms with Crippen LogP contribution in [0.15, 0.2) is 64.4 Å². The highest BCUT2D eigenvalue weighted by Crippen LogP contribution is 2.19. The van der Waals surface area contributed by atoms with Gasteiger partial charge in [0.15, 0.2) is 10.7 Å². The molecule has 0 fully saturated rings. The van der Waals surface area contributed by atoms with Gasteiger partial charge in [0.25, 0.3) is 0 Å². The van der Waals surface area contributed by atoms with E-state index >= 15 is 0 Å². The lowest BCUT2D eigenvalue weighted by Crippen LogP contribution is -2.09. The van der Waals surface area contributed by atoms with E-state index in [0.29, 0.717) is 0 Å². The predicted octanol–water partition coefficient (Wildman–Crippen LogP) is 1.42. The molecule has 0 aliphatic heterocycles. The van der Waals surface area contributed by atoms with Gasteiger partial charge in [-0.2, -0.15) is 8.42 Å². The molecule has 7 heteroatoms. The molecule has 100 valence electrons. The van der Waals surface area contributed by atoms with Crippen molar-refractivity contribution >= 4 is 20.8 Å². The van der Waals surface area contributed by atoms with Crippen LogP contribution in [-0.4, -0.2) is 16.8 Å². The Hall–Kier alpha value is -1.86. The van der Waals surface area contributed by atoms with Crippen molar-refractivity contribution in [2.24, 2.45) is 0 Å². The number of rotatable bonds is 4. The van der Waals surface area contributed by atoms with Gasteiger partial charge in [0, 0.05) is 0 Å². The fourth-order valence-electron chi connectivity index (χ4n) is 1.40. The van der Waals surface area contributed by atoms with Crippen LogP contribution in [0.5, 0.6) is 5.75 Å². The van der Waals surface area contributed by atoms with E-state index in [2.05, 4.69) is 0 Å². The average molecular weight is 298 g/mol. The van der Waals surface area contributed by atoms with E-state index in [4.69, 9.17) is 4.18 Å². The Kier molecular flexibility index (Phi) is 3.87. The molecular weight excluding hydrogens is 288 g/mol. The molecule has 0 spiro atoms. The molecule has 0 aliphatic rings. The van der Waals surface area contributed by atoms with Gasteiger partial charge in [-0.15, -0.1) is 0 Å². The van der Waals surface area contributed by atoms with Crippen molar-refractivity contribution in [3.8, 4) is 5.75 Å². The maximum absolute atomic E-state index is 12.0. The van der Waals surface area contributed by atoms with Gasteiger partial charge in [-0.25, -0.2) is 8.42 Å². The van der Waals surface area contributed by atoms with Crippen molar-refractivity contribution in [2.75, 3.05) is 0 Å². The van der Waals surface area contributed by atoms with Gasteiger partial charge in [0.1, 0.15) is 10.6 Å². The smallest absolute Gasteiger partial charge is 0.339 e. The van der Waals surface area contributed by atoms with Crippen molar-refractivity contribution in [1.29, 1.82) is 0 Å². The van der Waals surface area contributed by atoms with Crippen LogP contribution in [0.1, 0.15) is 0 Å². The lowest BCUT2D eigenvalue weighted by Gasteiger charge is -2.06. The molecule has 0 atom stereocenters. The molecule has 2 rings (SSSR count). The highest BCUT2D eigenvalue weighted by atomic mass is 32.2. The SMILES string of the molecule is O=[SH](=O)c1cccc(S(=O)(=O)Oc2ccccc2)c1. The summed E-state index contributed by atoms with van der Waals surface area (Å²) in [5.74, 6) is 0.166. The van der Waals surface area contributed by atoms with E-state index in [9.17, 15) is 16.8 Å². The lowest BCUT2D eigenvalue weighted by atomic mass is 10.3. The molecule has 0 unspecified atom stereocenters. The van der Waals surface area contributed by atoms with Gasteiger partial charge in [-0.3, -0.25) is 0 Å². The summed E-state index contributed by atoms with van der Waals surface area (Å²) < 4.78 is 50.5. The monoisotopic (exact) mass is 298 g/mol. The van der Waals surface area contributed by atoms with Crippen molar-refractivity contribution in [1.82, 2.24) is 0 Å². The van der Waals surface area contributed by atoms with E-state index < -0.39 is 20.8 Å². The van der Waals surface area contributed by atoms with Crippen LogP contribution in [-0.2, 0) is 20.8 Å². The highest BCUT2D eigenvalue weighted by Gasteiger charge is 2.17. The summed E-state index contributed by atoms with van der Waals surface area (Å²) in [7, 11) is -6.87. The molecule has 0 N–H and O–H groups in total. The summed E-state index contributed by atoms with van der Waals surface area (Å²) >= 11 is 0. The molecule has 5 nitrogen and oxygen atoms in total. The lowest BCUT2D eigenvalue weighted by molar-refractivity contribution is 0.486. The Morgan fingerprint density at radius 3 is 2.21 bits per heavy atom. The van der Waals surface area contributed by atoms with Gasteiger partial charge >= 0.3 is 10.1 Å². The zero-order chi connectivity index (χ0) is 13.9. The molecule has 0 radical (unpaired) electrons. The molecule has 0 saturated heterocycles. The zero-order valence-electron chi connectivity index (χ0n) is 9.59. The summed E-state index contributed by atoms with van der Waals surface area (Å²) in [4.78, 5) is -0.277. The highest BCUT2D eigenvalue weighted by molar-refractivity contribution is 7.87. The van der Waals surface area contributed by atoms with Crippen LogP contribution in [0, 0.1) is 0 Å². The van der Waals surface area contributed by atoms with Crippen LogP contribution < -0.4 is 4.18 Å². The molecule has 2 aromatic carbocycles. The first-order chi connectivity index (χ1) is 8.99. The quantitative estimate of drug-likeness (QED) is 0.682. The van der Waals surface area contributed by atoms with Gasteiger partial charge in [0.2, 0.25) is 0 Å². The Bertz CT molecular complexity index is 741. The molecular formula is C12H10O5S2. The minimum absolute atomic E-state index is 0.0762. The first kappa shape index (κ1) is 13.6. The van der Waals surface area contributed by atoms with Crippen LogP contribution in [0.3, 0.4) is 0 Å². The normalized spacial score (nSPS) is 11.4. The first-order valence-corrected chi connectivity index (χ1v) is 7.81. The predicted molar refractivity (Wildman–Crippen MR) is 69.3 cm³/mol. The van der Waals surface area contributed by atoms with Crippen molar-refractivity contribution in [3.63, 3.8) is 0 Å². The second kappa shape index (κ2) is 5.41. The van der Waals surface area contributed by atoms with E-state index in [1.165, 1.54) is 30.3 Å². The van der Waals surface area contributed by atoms with Crippen LogP contribution in [0.2, 0.25) is 0 Å². The Morgan fingerprint density at radius 2 is 1.58 bits per heavy atom. The summed E-state index contributed by atoms with van der Waals surface area (Å²) in [5.41, 5.74) is 0. The van der Waals surface area contributed by atoms with E-state index in [0.717, 1.165) is 6.07 Å². The minimum atomic E-state index is -4.04. The summed E-state index contributed by atoms with van der Waals surface area (Å²) in [6, 6.07) is 13.0. The standard InChI is InChI=1S/C12H10O5S2/c13-18(14)11-7-4-8-12(9-11)19(15,16)17-10-5-2-1-3-6-10/h1-9,18H. The molecule has 2 aromatic rings. The van der Waals surface area contributed by atoms with Crippen LogP contribution in [0.4, 0.5) is 0 Å². The molecule has 0 amide bonds. The number of hydrogen-bond acceptors (Lipinski definition) is 5. The second-order valence-corrected chi connectivity index (χ2v) is 6.18. The molecule has 0 aromatic heterocycles. The second-order valence-electron chi connectivity index (χ2n) is 3.60. The van der Waals surface area contributed by atoms with Gasteiger partial charge < -0.3 is 4.18 Å². The summed E-state index contributed by atoms with van der Waals surface area (Å²) in [6.45, 7) is 0. The topological polar surface area (TPSA) is 77.5 Å². The van der Waals surface area contributed by atoms with Crippen molar-refractivity contribution < 1.29 is 21.0 Å². The third-order valence-electron chi connectivity index (χ3n) is 2.27. The van der Waals surface area contributed by atoms with E-state index in [1.807, 2.05) is 0 Å². The van der Waals surface area contributed by atoms with Gasteiger partial charge in [0.05, 0.1) is 4.90 Å². The van der Waals surface area contributed by atoms with E-state index in [1.54, 1.807) is 18.2 Å². The largest absolute Gasteiger partial charge is 0.379 e. The average Bonchev–Trinajstić information content (AvgIpc) is 2.39. The Labute approximate surface area is 112 Å². The Morgan fingerprint density at radius 1 is 0.895 bits per heavy atom. The minimum Gasteiger partial charge on any atom is -0.379 e. The number of para-hydroxylation sites is 1. The third kappa shape index (κ3) is 3.33. The maximum atomic E-state index is 12.0. The fourth-order valence-corrected chi connectivity index (χ4v) is 2.92. The molecule has 0 bridgehead atoms. The van der Waals surface area contributed by atoms with Gasteiger partial charge in [-0.05, 0) is 30.3 Å². The fraction of sp³-hybridized carbons (Fsp3) is 0. The van der Waals surface area contributed by atoms with Crippen molar-refractivity contribution in [2.45, 2.75) is 9.79 Å². The van der Waals surface area contributed by atoms with Crippen LogP contribution in [0.25, 0.3) is 0 Å².